The second-order valence-corrected chi connectivity index (χ2v) is 6.63. The molecule has 26 heavy (non-hydrogen) atoms. The Morgan fingerprint density at radius 2 is 1.73 bits per heavy atom. The first-order chi connectivity index (χ1) is 11.8. The molecule has 2 N–H and O–H groups in total. The Labute approximate surface area is 170 Å². The number of halogens is 4. The van der Waals surface area contributed by atoms with Crippen molar-refractivity contribution in [3.8, 4) is 0 Å². The summed E-state index contributed by atoms with van der Waals surface area (Å²) in [6, 6.07) is 0.0795. The molecule has 0 spiro atoms. The van der Waals surface area contributed by atoms with Crippen molar-refractivity contribution in [2.45, 2.75) is 51.4 Å². The summed E-state index contributed by atoms with van der Waals surface area (Å²) in [5, 5.41) is 6.56. The number of hydrogen-bond acceptors (Lipinski definition) is 3. The van der Waals surface area contributed by atoms with Gasteiger partial charge < -0.3 is 15.5 Å². The molecule has 152 valence electrons. The lowest BCUT2D eigenvalue weighted by Crippen LogP contribution is -2.49. The molecule has 0 aromatic heterocycles. The predicted molar refractivity (Wildman–Crippen MR) is 106 cm³/mol. The topological polar surface area (TPSA) is 60.0 Å². The molecule has 10 heteroatoms. The fraction of sp³-hybridized carbons (Fsp3) is 0.875. The van der Waals surface area contributed by atoms with Gasteiger partial charge in [0.1, 0.15) is 0 Å². The van der Waals surface area contributed by atoms with E-state index in [0.29, 0.717) is 45.0 Å². The van der Waals surface area contributed by atoms with Crippen molar-refractivity contribution in [1.29, 1.82) is 0 Å². The first kappa shape index (κ1) is 23.3. The highest BCUT2D eigenvalue weighted by atomic mass is 127. The van der Waals surface area contributed by atoms with E-state index >= 15 is 0 Å². The second-order valence-electron chi connectivity index (χ2n) is 6.63. The van der Waals surface area contributed by atoms with Gasteiger partial charge in [-0.2, -0.15) is 13.2 Å². The van der Waals surface area contributed by atoms with Crippen LogP contribution in [0.3, 0.4) is 0 Å². The van der Waals surface area contributed by atoms with E-state index in [1.807, 2.05) is 18.7 Å². The van der Waals surface area contributed by atoms with Crippen molar-refractivity contribution < 1.29 is 18.0 Å². The van der Waals surface area contributed by atoms with Crippen molar-refractivity contribution in [2.75, 3.05) is 39.3 Å². The molecule has 2 fully saturated rings. The number of nitrogens with zero attached hydrogens (tertiary/aromatic N) is 3. The van der Waals surface area contributed by atoms with Crippen LogP contribution in [0.15, 0.2) is 4.99 Å². The number of aliphatic imine (C=N–C) groups is 1. The summed E-state index contributed by atoms with van der Waals surface area (Å²) >= 11 is 0. The quantitative estimate of drug-likeness (QED) is 0.350. The number of carbonyl (C=O) groups excluding carboxylic acids is 1. The molecule has 1 amide bonds. The number of guanidine groups is 1. The first-order valence-corrected chi connectivity index (χ1v) is 8.95. The van der Waals surface area contributed by atoms with Crippen molar-refractivity contribution in [2.24, 2.45) is 4.99 Å². The fourth-order valence-electron chi connectivity index (χ4n) is 3.35. The molecule has 2 unspecified atom stereocenters. The van der Waals surface area contributed by atoms with Crippen molar-refractivity contribution >= 4 is 35.8 Å². The van der Waals surface area contributed by atoms with E-state index < -0.39 is 12.7 Å². The molecule has 2 saturated heterocycles. The smallest absolute Gasteiger partial charge is 0.352 e. The van der Waals surface area contributed by atoms with Gasteiger partial charge in [-0.05, 0) is 19.8 Å². The number of likely N-dealkylation sites (tertiary alicyclic amines) is 2. The summed E-state index contributed by atoms with van der Waals surface area (Å²) in [4.78, 5) is 19.4. The van der Waals surface area contributed by atoms with Gasteiger partial charge in [-0.15, -0.1) is 24.0 Å². The van der Waals surface area contributed by atoms with Crippen LogP contribution >= 0.6 is 24.0 Å². The first-order valence-electron chi connectivity index (χ1n) is 8.95. The zero-order valence-corrected chi connectivity index (χ0v) is 17.6. The minimum atomic E-state index is -4.16. The summed E-state index contributed by atoms with van der Waals surface area (Å²) in [5.74, 6) is 0.766. The molecule has 0 bridgehead atoms. The van der Waals surface area contributed by atoms with Crippen LogP contribution in [0.1, 0.15) is 33.1 Å². The van der Waals surface area contributed by atoms with Crippen molar-refractivity contribution in [1.82, 2.24) is 20.4 Å². The maximum absolute atomic E-state index is 12.5. The molecule has 0 saturated carbocycles. The maximum atomic E-state index is 12.5. The molecule has 0 aromatic rings. The van der Waals surface area contributed by atoms with Crippen LogP contribution in [0.25, 0.3) is 0 Å². The van der Waals surface area contributed by atoms with Crippen LogP contribution in [0.4, 0.5) is 13.2 Å². The molecule has 2 aliphatic rings. The van der Waals surface area contributed by atoms with Crippen molar-refractivity contribution in [3.63, 3.8) is 0 Å². The summed E-state index contributed by atoms with van der Waals surface area (Å²) in [6.07, 6.45) is -2.16. The minimum absolute atomic E-state index is 0. The van der Waals surface area contributed by atoms with Gasteiger partial charge in [0.25, 0.3) is 0 Å². The minimum Gasteiger partial charge on any atom is -0.352 e. The number of alkyl halides is 3. The Balaban J connectivity index is 0.00000338. The molecule has 0 aromatic carbocycles. The average molecular weight is 491 g/mol. The number of amides is 1. The number of carbonyl (C=O) groups is 1. The third kappa shape index (κ3) is 7.45. The number of rotatable bonds is 5. The highest BCUT2D eigenvalue weighted by Gasteiger charge is 2.34. The molecule has 6 nitrogen and oxygen atoms in total. The van der Waals surface area contributed by atoms with Gasteiger partial charge in [0, 0.05) is 51.2 Å². The van der Waals surface area contributed by atoms with Gasteiger partial charge in [0.05, 0.1) is 6.54 Å². The fourth-order valence-corrected chi connectivity index (χ4v) is 3.35. The zero-order chi connectivity index (χ0) is 18.4. The van der Waals surface area contributed by atoms with Crippen LogP contribution in [-0.4, -0.2) is 79.2 Å². The van der Waals surface area contributed by atoms with E-state index in [1.54, 1.807) is 0 Å². The monoisotopic (exact) mass is 491 g/mol. The summed E-state index contributed by atoms with van der Waals surface area (Å²) in [7, 11) is 0. The normalized spacial score (nSPS) is 24.5. The van der Waals surface area contributed by atoms with Gasteiger partial charge in [0.15, 0.2) is 5.96 Å². The Hall–Kier alpha value is -0.780. The third-order valence-corrected chi connectivity index (χ3v) is 4.52. The molecule has 2 rings (SSSR count). The Bertz CT molecular complexity index is 489. The van der Waals surface area contributed by atoms with E-state index in [2.05, 4.69) is 15.6 Å². The summed E-state index contributed by atoms with van der Waals surface area (Å²) in [6.45, 7) is 5.63. The molecule has 0 radical (unpaired) electrons. The van der Waals surface area contributed by atoms with Crippen LogP contribution < -0.4 is 10.6 Å². The lowest BCUT2D eigenvalue weighted by atomic mass is 10.2. The van der Waals surface area contributed by atoms with Gasteiger partial charge in [-0.1, -0.05) is 6.92 Å². The molecule has 0 aliphatic carbocycles. The van der Waals surface area contributed by atoms with E-state index in [9.17, 15) is 18.0 Å². The summed E-state index contributed by atoms with van der Waals surface area (Å²) < 4.78 is 37.5. The van der Waals surface area contributed by atoms with Crippen LogP contribution in [0.5, 0.6) is 0 Å². The Morgan fingerprint density at radius 1 is 1.12 bits per heavy atom. The van der Waals surface area contributed by atoms with Gasteiger partial charge in [-0.3, -0.25) is 14.7 Å². The maximum Gasteiger partial charge on any atom is 0.401 e. The number of nitrogens with one attached hydrogen (secondary N) is 2. The van der Waals surface area contributed by atoms with Crippen LogP contribution in [0, 0.1) is 0 Å². The SMILES string of the molecule is CCN=C(NC1CCN(CC(F)(F)F)C1)NC1CCN(C(=O)CC)C1.I. The molecule has 2 heterocycles. The highest BCUT2D eigenvalue weighted by molar-refractivity contribution is 14.0. The van der Waals surface area contributed by atoms with Gasteiger partial charge in [-0.25, -0.2) is 0 Å². The number of hydrogen-bond donors (Lipinski definition) is 2. The third-order valence-electron chi connectivity index (χ3n) is 4.52. The van der Waals surface area contributed by atoms with Gasteiger partial charge >= 0.3 is 6.18 Å². The Morgan fingerprint density at radius 3 is 2.31 bits per heavy atom. The molecular weight excluding hydrogens is 462 g/mol. The highest BCUT2D eigenvalue weighted by Crippen LogP contribution is 2.20. The molecular formula is C16H29F3IN5O. The molecule has 2 aliphatic heterocycles. The lowest BCUT2D eigenvalue weighted by Gasteiger charge is -2.22. The van der Waals surface area contributed by atoms with E-state index in [0.717, 1.165) is 13.0 Å². The Kier molecular flexibility index (Phi) is 9.42. The second kappa shape index (κ2) is 10.5. The standard InChI is InChI=1S/C16H28F3N5O.HI/c1-3-14(25)24-8-6-13(10-24)22-15(20-4-2)21-12-5-7-23(9-12)11-16(17,18)19;/h12-13H,3-11H2,1-2H3,(H2,20,21,22);1H. The molecule has 2 atom stereocenters. The van der Waals surface area contributed by atoms with E-state index in [4.69, 9.17) is 0 Å². The van der Waals surface area contributed by atoms with Gasteiger partial charge in [0.2, 0.25) is 5.91 Å². The zero-order valence-electron chi connectivity index (χ0n) is 15.3. The van der Waals surface area contributed by atoms with Crippen molar-refractivity contribution in [3.05, 3.63) is 0 Å². The predicted octanol–water partition coefficient (Wildman–Crippen LogP) is 1.81. The average Bonchev–Trinajstić information content (AvgIpc) is 3.15. The largest absolute Gasteiger partial charge is 0.401 e. The summed E-state index contributed by atoms with van der Waals surface area (Å²) in [5.41, 5.74) is 0. The van der Waals surface area contributed by atoms with E-state index in [1.165, 1.54) is 4.90 Å². The lowest BCUT2D eigenvalue weighted by molar-refractivity contribution is -0.143. The van der Waals surface area contributed by atoms with Crippen LogP contribution in [-0.2, 0) is 4.79 Å². The van der Waals surface area contributed by atoms with E-state index in [-0.39, 0.29) is 42.0 Å². The van der Waals surface area contributed by atoms with Crippen LogP contribution in [0.2, 0.25) is 0 Å².